The van der Waals surface area contributed by atoms with E-state index in [1.165, 1.54) is 0 Å². The molecule has 1 atom stereocenters. The minimum atomic E-state index is -0.839. The van der Waals surface area contributed by atoms with Gasteiger partial charge in [-0.05, 0) is 31.0 Å². The molecule has 88 valence electrons. The lowest BCUT2D eigenvalue weighted by molar-refractivity contribution is -0.140. The van der Waals surface area contributed by atoms with Gasteiger partial charge in [0.15, 0.2) is 0 Å². The van der Waals surface area contributed by atoms with Gasteiger partial charge in [0.2, 0.25) is 0 Å². The van der Waals surface area contributed by atoms with Gasteiger partial charge in [0.25, 0.3) is 0 Å². The van der Waals surface area contributed by atoms with Crippen LogP contribution in [0.15, 0.2) is 24.3 Å². The lowest BCUT2D eigenvalue weighted by atomic mass is 10.1. The van der Waals surface area contributed by atoms with Crippen LogP contribution in [0, 0.1) is 0 Å². The Morgan fingerprint density at radius 3 is 2.56 bits per heavy atom. The summed E-state index contributed by atoms with van der Waals surface area (Å²) < 4.78 is 5.37. The second kappa shape index (κ2) is 6.12. The lowest BCUT2D eigenvalue weighted by Crippen LogP contribution is -2.20. The molecule has 1 rings (SSSR count). The molecule has 0 fully saturated rings. The Morgan fingerprint density at radius 1 is 1.44 bits per heavy atom. The molecule has 0 radical (unpaired) electrons. The number of benzene rings is 1. The number of carboxylic acids is 1. The predicted molar refractivity (Wildman–Crippen MR) is 62.2 cm³/mol. The number of ether oxygens (including phenoxy) is 1. The van der Waals surface area contributed by atoms with Crippen molar-refractivity contribution in [2.45, 2.75) is 25.9 Å². The van der Waals surface area contributed by atoms with E-state index < -0.39 is 5.97 Å². The number of carbonyl (C=O) groups is 1. The second-order valence-corrected chi connectivity index (χ2v) is 3.62. The fraction of sp³-hybridized carbons (Fsp3) is 0.417. The standard InChI is InChI=1S/C12H17NO3/c1-2-16-11(8-12(14)15)7-9-3-5-10(13)6-4-9/h3-6,11H,2,7-8,13H2,1H3,(H,14,15). The lowest BCUT2D eigenvalue weighted by Gasteiger charge is -2.14. The van der Waals surface area contributed by atoms with E-state index >= 15 is 0 Å². The summed E-state index contributed by atoms with van der Waals surface area (Å²) in [6, 6.07) is 7.39. The summed E-state index contributed by atoms with van der Waals surface area (Å²) in [4.78, 5) is 10.6. The molecule has 4 heteroatoms. The van der Waals surface area contributed by atoms with Crippen molar-refractivity contribution in [2.75, 3.05) is 12.3 Å². The van der Waals surface area contributed by atoms with Crippen molar-refractivity contribution in [3.8, 4) is 0 Å². The molecule has 0 amide bonds. The van der Waals surface area contributed by atoms with Crippen LogP contribution in [0.25, 0.3) is 0 Å². The molecule has 1 aromatic carbocycles. The first-order chi connectivity index (χ1) is 7.61. The number of rotatable bonds is 6. The summed E-state index contributed by atoms with van der Waals surface area (Å²) in [6.07, 6.45) is 0.352. The Labute approximate surface area is 95.0 Å². The third-order valence-electron chi connectivity index (χ3n) is 2.25. The molecule has 0 aliphatic carbocycles. The van der Waals surface area contributed by atoms with Gasteiger partial charge in [0.05, 0.1) is 12.5 Å². The Hall–Kier alpha value is -1.55. The zero-order valence-electron chi connectivity index (χ0n) is 9.35. The van der Waals surface area contributed by atoms with Gasteiger partial charge >= 0.3 is 5.97 Å². The second-order valence-electron chi connectivity index (χ2n) is 3.62. The van der Waals surface area contributed by atoms with E-state index in [9.17, 15) is 4.79 Å². The van der Waals surface area contributed by atoms with Gasteiger partial charge in [0, 0.05) is 12.3 Å². The van der Waals surface area contributed by atoms with Gasteiger partial charge in [-0.1, -0.05) is 12.1 Å². The summed E-state index contributed by atoms with van der Waals surface area (Å²) in [5.74, 6) is -0.839. The number of hydrogen-bond acceptors (Lipinski definition) is 3. The number of nitrogen functional groups attached to an aromatic ring is 1. The average Bonchev–Trinajstić information content (AvgIpc) is 2.21. The van der Waals surface area contributed by atoms with Gasteiger partial charge in [-0.25, -0.2) is 0 Å². The molecule has 3 N–H and O–H groups in total. The average molecular weight is 223 g/mol. The van der Waals surface area contributed by atoms with Crippen molar-refractivity contribution in [3.63, 3.8) is 0 Å². The van der Waals surface area contributed by atoms with Crippen molar-refractivity contribution < 1.29 is 14.6 Å². The quantitative estimate of drug-likeness (QED) is 0.720. The predicted octanol–water partition coefficient (Wildman–Crippen LogP) is 1.69. The number of hydrogen-bond donors (Lipinski definition) is 2. The first-order valence-electron chi connectivity index (χ1n) is 5.29. The van der Waals surface area contributed by atoms with E-state index in [1.54, 1.807) is 12.1 Å². The SMILES string of the molecule is CCOC(CC(=O)O)Cc1ccc(N)cc1. The molecule has 4 nitrogen and oxygen atoms in total. The summed E-state index contributed by atoms with van der Waals surface area (Å²) in [6.45, 7) is 2.38. The van der Waals surface area contributed by atoms with Crippen molar-refractivity contribution >= 4 is 11.7 Å². The van der Waals surface area contributed by atoms with Crippen LogP contribution in [0.1, 0.15) is 18.9 Å². The highest BCUT2D eigenvalue weighted by molar-refractivity contribution is 5.67. The van der Waals surface area contributed by atoms with Gasteiger partial charge in [0.1, 0.15) is 0 Å². The van der Waals surface area contributed by atoms with Crippen molar-refractivity contribution in [1.82, 2.24) is 0 Å². The first kappa shape index (κ1) is 12.5. The Kier molecular flexibility index (Phi) is 4.79. The Bertz CT molecular complexity index is 335. The molecule has 0 spiro atoms. The van der Waals surface area contributed by atoms with Gasteiger partial charge < -0.3 is 15.6 Å². The monoisotopic (exact) mass is 223 g/mol. The largest absolute Gasteiger partial charge is 0.481 e. The van der Waals surface area contributed by atoms with Crippen LogP contribution >= 0.6 is 0 Å². The van der Waals surface area contributed by atoms with E-state index in [4.69, 9.17) is 15.6 Å². The number of carboxylic acid groups (broad SMARTS) is 1. The maximum absolute atomic E-state index is 10.6. The first-order valence-corrected chi connectivity index (χ1v) is 5.29. The zero-order valence-corrected chi connectivity index (χ0v) is 9.35. The fourth-order valence-corrected chi connectivity index (χ4v) is 1.54. The maximum Gasteiger partial charge on any atom is 0.305 e. The van der Waals surface area contributed by atoms with Gasteiger partial charge in [-0.3, -0.25) is 4.79 Å². The zero-order chi connectivity index (χ0) is 12.0. The Balaban J connectivity index is 2.59. The molecular weight excluding hydrogens is 206 g/mol. The topological polar surface area (TPSA) is 72.5 Å². The minimum absolute atomic E-state index is 0.0260. The molecule has 0 saturated heterocycles. The van der Waals surface area contributed by atoms with Gasteiger partial charge in [-0.15, -0.1) is 0 Å². The summed E-state index contributed by atoms with van der Waals surface area (Å²) >= 11 is 0. The van der Waals surface area contributed by atoms with Crippen molar-refractivity contribution in [3.05, 3.63) is 29.8 Å². The molecular formula is C12H17NO3. The molecule has 0 aromatic heterocycles. The summed E-state index contributed by atoms with van der Waals surface area (Å²) in [5, 5.41) is 8.73. The Morgan fingerprint density at radius 2 is 2.06 bits per heavy atom. The van der Waals surface area contributed by atoms with E-state index in [0.717, 1.165) is 5.56 Å². The minimum Gasteiger partial charge on any atom is -0.481 e. The van der Waals surface area contributed by atoms with Crippen LogP contribution in [0.4, 0.5) is 5.69 Å². The van der Waals surface area contributed by atoms with Crippen LogP contribution in [-0.2, 0) is 16.0 Å². The molecule has 0 saturated carbocycles. The number of aliphatic carboxylic acids is 1. The summed E-state index contributed by atoms with van der Waals surface area (Å²) in [5.41, 5.74) is 7.31. The third-order valence-corrected chi connectivity index (χ3v) is 2.25. The third kappa shape index (κ3) is 4.31. The van der Waals surface area contributed by atoms with Gasteiger partial charge in [-0.2, -0.15) is 0 Å². The number of nitrogens with two attached hydrogens (primary N) is 1. The molecule has 16 heavy (non-hydrogen) atoms. The molecule has 0 aliphatic heterocycles. The van der Waals surface area contributed by atoms with E-state index in [1.807, 2.05) is 19.1 Å². The number of anilines is 1. The van der Waals surface area contributed by atoms with E-state index in [0.29, 0.717) is 18.7 Å². The molecule has 1 unspecified atom stereocenters. The van der Waals surface area contributed by atoms with Crippen LogP contribution in [-0.4, -0.2) is 23.8 Å². The molecule has 0 bridgehead atoms. The smallest absolute Gasteiger partial charge is 0.305 e. The molecule has 0 heterocycles. The highest BCUT2D eigenvalue weighted by Gasteiger charge is 2.13. The highest BCUT2D eigenvalue weighted by Crippen LogP contribution is 2.11. The van der Waals surface area contributed by atoms with Crippen molar-refractivity contribution in [1.29, 1.82) is 0 Å². The van der Waals surface area contributed by atoms with Crippen LogP contribution in [0.3, 0.4) is 0 Å². The normalized spacial score (nSPS) is 12.3. The highest BCUT2D eigenvalue weighted by atomic mass is 16.5. The van der Waals surface area contributed by atoms with Crippen molar-refractivity contribution in [2.24, 2.45) is 0 Å². The van der Waals surface area contributed by atoms with E-state index in [-0.39, 0.29) is 12.5 Å². The molecule has 1 aromatic rings. The van der Waals surface area contributed by atoms with Crippen LogP contribution in [0.5, 0.6) is 0 Å². The van der Waals surface area contributed by atoms with E-state index in [2.05, 4.69) is 0 Å². The van der Waals surface area contributed by atoms with Crippen LogP contribution in [0.2, 0.25) is 0 Å². The fourth-order valence-electron chi connectivity index (χ4n) is 1.54. The molecule has 0 aliphatic rings. The summed E-state index contributed by atoms with van der Waals surface area (Å²) in [7, 11) is 0. The maximum atomic E-state index is 10.6. The van der Waals surface area contributed by atoms with Crippen LogP contribution < -0.4 is 5.73 Å².